The van der Waals surface area contributed by atoms with Gasteiger partial charge in [-0.05, 0) is 6.92 Å². The van der Waals surface area contributed by atoms with Crippen LogP contribution in [0.5, 0.6) is 0 Å². The third kappa shape index (κ3) is 4.03. The number of aliphatic hydroxyl groups excluding tert-OH is 7. The molecule has 6 atom stereocenters. The maximum absolute atomic E-state index is 9.63. The molecule has 1 aliphatic heterocycles. The summed E-state index contributed by atoms with van der Waals surface area (Å²) >= 11 is 0. The van der Waals surface area contributed by atoms with E-state index in [0.717, 1.165) is 6.92 Å². The standard InChI is InChI=1S/C11H20O9/c1-4(13)7(14)9(16)11(18)20-6-2-5(3-12)19-10(17)8(6)15/h4-6,8,10-18H,2-3H2,1H3/b9-7-. The van der Waals surface area contributed by atoms with Crippen LogP contribution < -0.4 is 0 Å². The van der Waals surface area contributed by atoms with E-state index in [2.05, 4.69) is 0 Å². The minimum atomic E-state index is -2.01. The molecule has 0 aromatic rings. The van der Waals surface area contributed by atoms with Crippen molar-refractivity contribution in [2.45, 2.75) is 50.3 Å². The summed E-state index contributed by atoms with van der Waals surface area (Å²) in [5.41, 5.74) is 0. The Kier molecular flexibility index (Phi) is 6.14. The van der Waals surface area contributed by atoms with Crippen LogP contribution in [0.1, 0.15) is 13.3 Å². The maximum atomic E-state index is 9.63. The van der Waals surface area contributed by atoms with Crippen LogP contribution in [-0.2, 0) is 9.47 Å². The number of hydrogen-bond acceptors (Lipinski definition) is 9. The zero-order valence-corrected chi connectivity index (χ0v) is 10.8. The highest BCUT2D eigenvalue weighted by atomic mass is 16.7. The van der Waals surface area contributed by atoms with Gasteiger partial charge in [0, 0.05) is 6.42 Å². The van der Waals surface area contributed by atoms with Crippen molar-refractivity contribution in [3.63, 3.8) is 0 Å². The highest BCUT2D eigenvalue weighted by Gasteiger charge is 2.39. The second-order valence-electron chi connectivity index (χ2n) is 4.53. The molecule has 0 spiro atoms. The van der Waals surface area contributed by atoms with Crippen molar-refractivity contribution in [1.29, 1.82) is 0 Å². The van der Waals surface area contributed by atoms with Gasteiger partial charge in [0.05, 0.1) is 18.8 Å². The molecule has 1 rings (SSSR count). The Morgan fingerprint density at radius 2 is 1.85 bits per heavy atom. The first kappa shape index (κ1) is 17.1. The van der Waals surface area contributed by atoms with Gasteiger partial charge in [-0.1, -0.05) is 0 Å². The van der Waals surface area contributed by atoms with Crippen molar-refractivity contribution in [2.75, 3.05) is 6.61 Å². The average molecular weight is 296 g/mol. The molecule has 7 N–H and O–H groups in total. The van der Waals surface area contributed by atoms with Gasteiger partial charge in [-0.2, -0.15) is 0 Å². The topological polar surface area (TPSA) is 160 Å². The summed E-state index contributed by atoms with van der Waals surface area (Å²) in [5.74, 6) is -1.88. The van der Waals surface area contributed by atoms with Crippen LogP contribution >= 0.6 is 0 Å². The van der Waals surface area contributed by atoms with Gasteiger partial charge < -0.3 is 45.2 Å². The fourth-order valence-corrected chi connectivity index (χ4v) is 1.74. The number of ether oxygens (including phenoxy) is 2. The van der Waals surface area contributed by atoms with Crippen molar-refractivity contribution in [1.82, 2.24) is 0 Å². The van der Waals surface area contributed by atoms with Crippen LogP contribution in [-0.4, -0.2) is 79.3 Å². The van der Waals surface area contributed by atoms with Gasteiger partial charge >= 0.3 is 0 Å². The van der Waals surface area contributed by atoms with E-state index in [9.17, 15) is 25.5 Å². The molecule has 20 heavy (non-hydrogen) atoms. The molecule has 0 aliphatic carbocycles. The quantitative estimate of drug-likeness (QED) is 0.222. The van der Waals surface area contributed by atoms with Gasteiger partial charge in [-0.15, -0.1) is 0 Å². The highest BCUT2D eigenvalue weighted by Crippen LogP contribution is 2.23. The van der Waals surface area contributed by atoms with Crippen LogP contribution in [0, 0.1) is 0 Å². The lowest BCUT2D eigenvalue weighted by atomic mass is 10.0. The molecule has 9 heteroatoms. The largest absolute Gasteiger partial charge is 0.506 e. The maximum Gasteiger partial charge on any atom is 0.217 e. The summed E-state index contributed by atoms with van der Waals surface area (Å²) in [6.07, 6.45) is -8.54. The van der Waals surface area contributed by atoms with Gasteiger partial charge in [0.2, 0.25) is 6.29 Å². The van der Waals surface area contributed by atoms with Crippen molar-refractivity contribution < 1.29 is 45.2 Å². The lowest BCUT2D eigenvalue weighted by molar-refractivity contribution is -0.279. The van der Waals surface area contributed by atoms with E-state index in [1.165, 1.54) is 0 Å². The minimum Gasteiger partial charge on any atom is -0.506 e. The van der Waals surface area contributed by atoms with Crippen LogP contribution in [0.25, 0.3) is 0 Å². The van der Waals surface area contributed by atoms with Crippen molar-refractivity contribution >= 4 is 0 Å². The first-order valence-electron chi connectivity index (χ1n) is 6.04. The predicted molar refractivity (Wildman–Crippen MR) is 63.4 cm³/mol. The summed E-state index contributed by atoms with van der Waals surface area (Å²) in [4.78, 5) is 0. The molecule has 1 aliphatic rings. The molecule has 0 aromatic carbocycles. The Labute approximate surface area is 114 Å². The summed E-state index contributed by atoms with van der Waals surface area (Å²) in [7, 11) is 0. The van der Waals surface area contributed by atoms with Crippen LogP contribution in [0.3, 0.4) is 0 Å². The molecular formula is C11H20O9. The molecule has 0 saturated carbocycles. The lowest BCUT2D eigenvalue weighted by Gasteiger charge is -2.36. The second kappa shape index (κ2) is 7.18. The van der Waals surface area contributed by atoms with Gasteiger partial charge in [0.25, 0.3) is 0 Å². The summed E-state index contributed by atoms with van der Waals surface area (Å²) < 4.78 is 9.75. The van der Waals surface area contributed by atoms with E-state index in [1.54, 1.807) is 0 Å². The third-order valence-electron chi connectivity index (χ3n) is 2.90. The Hall–Kier alpha value is -0.940. The summed E-state index contributed by atoms with van der Waals surface area (Å²) in [6.45, 7) is 0.730. The fourth-order valence-electron chi connectivity index (χ4n) is 1.74. The SMILES string of the molecule is CC(O)/C(O)=C(/O)C(O)OC1CC(CO)OC(O)C1O. The smallest absolute Gasteiger partial charge is 0.217 e. The predicted octanol–water partition coefficient (Wildman–Crippen LogP) is -2.14. The number of aliphatic hydroxyl groups is 7. The van der Waals surface area contributed by atoms with Gasteiger partial charge in [-0.3, -0.25) is 0 Å². The van der Waals surface area contributed by atoms with Crippen molar-refractivity contribution in [2.24, 2.45) is 0 Å². The molecule has 0 amide bonds. The molecule has 0 radical (unpaired) electrons. The Balaban J connectivity index is 2.73. The van der Waals surface area contributed by atoms with E-state index in [4.69, 9.17) is 19.7 Å². The van der Waals surface area contributed by atoms with Crippen LogP contribution in [0.15, 0.2) is 11.5 Å². The first-order valence-corrected chi connectivity index (χ1v) is 6.04. The van der Waals surface area contributed by atoms with E-state index >= 15 is 0 Å². The summed E-state index contributed by atoms with van der Waals surface area (Å²) in [6, 6.07) is 0. The average Bonchev–Trinajstić information content (AvgIpc) is 2.41. The van der Waals surface area contributed by atoms with Gasteiger partial charge in [-0.25, -0.2) is 0 Å². The molecule has 0 bridgehead atoms. The van der Waals surface area contributed by atoms with E-state index in [-0.39, 0.29) is 6.42 Å². The van der Waals surface area contributed by atoms with Gasteiger partial charge in [0.1, 0.15) is 12.2 Å². The molecule has 1 saturated heterocycles. The van der Waals surface area contributed by atoms with E-state index < -0.39 is 55.1 Å². The molecule has 9 nitrogen and oxygen atoms in total. The number of hydrogen-bond donors (Lipinski definition) is 7. The van der Waals surface area contributed by atoms with Crippen molar-refractivity contribution in [3.05, 3.63) is 11.5 Å². The Bertz CT molecular complexity index is 343. The monoisotopic (exact) mass is 296 g/mol. The molecule has 6 unspecified atom stereocenters. The van der Waals surface area contributed by atoms with E-state index in [0.29, 0.717) is 0 Å². The second-order valence-corrected chi connectivity index (χ2v) is 4.53. The molecular weight excluding hydrogens is 276 g/mol. The molecule has 1 fully saturated rings. The summed E-state index contributed by atoms with van der Waals surface area (Å²) in [5, 5.41) is 65.3. The number of rotatable bonds is 5. The van der Waals surface area contributed by atoms with Crippen molar-refractivity contribution in [3.8, 4) is 0 Å². The highest BCUT2D eigenvalue weighted by molar-refractivity contribution is 5.05. The Morgan fingerprint density at radius 1 is 1.25 bits per heavy atom. The minimum absolute atomic E-state index is 0.0471. The first-order chi connectivity index (χ1) is 9.27. The molecule has 118 valence electrons. The van der Waals surface area contributed by atoms with Crippen LogP contribution in [0.2, 0.25) is 0 Å². The normalized spacial score (nSPS) is 35.3. The third-order valence-corrected chi connectivity index (χ3v) is 2.90. The Morgan fingerprint density at radius 3 is 2.35 bits per heavy atom. The fraction of sp³-hybridized carbons (Fsp3) is 0.818. The molecule has 0 aromatic heterocycles. The zero-order chi connectivity index (χ0) is 15.4. The molecule has 1 heterocycles. The van der Waals surface area contributed by atoms with Crippen LogP contribution in [0.4, 0.5) is 0 Å². The van der Waals surface area contributed by atoms with E-state index in [1.807, 2.05) is 0 Å². The lowest BCUT2D eigenvalue weighted by Crippen LogP contribution is -2.51. The van der Waals surface area contributed by atoms with Gasteiger partial charge in [0.15, 0.2) is 17.8 Å². The zero-order valence-electron chi connectivity index (χ0n) is 10.8.